The smallest absolute Gasteiger partial charge is 0.251 e. The molecule has 88 valence electrons. The fourth-order valence-corrected chi connectivity index (χ4v) is 1.73. The van der Waals surface area contributed by atoms with Crippen molar-refractivity contribution in [3.05, 3.63) is 33.3 Å². The van der Waals surface area contributed by atoms with Crippen LogP contribution in [0.15, 0.2) is 22.7 Å². The first kappa shape index (κ1) is 13.5. The molecule has 0 aliphatic heterocycles. The van der Waals surface area contributed by atoms with E-state index in [0.717, 1.165) is 6.42 Å². The summed E-state index contributed by atoms with van der Waals surface area (Å²) in [6, 6.07) is 5.08. The molecule has 0 aromatic heterocycles. The Bertz CT molecular complexity index is 380. The van der Waals surface area contributed by atoms with Crippen LogP contribution in [0.25, 0.3) is 0 Å². The third kappa shape index (κ3) is 3.47. The summed E-state index contributed by atoms with van der Waals surface area (Å²) < 4.78 is 0.711. The van der Waals surface area contributed by atoms with Crippen LogP contribution in [-0.4, -0.2) is 18.5 Å². The Morgan fingerprint density at radius 1 is 1.62 bits per heavy atom. The van der Waals surface area contributed by atoms with Crippen molar-refractivity contribution < 1.29 is 4.79 Å². The maximum Gasteiger partial charge on any atom is 0.251 e. The van der Waals surface area contributed by atoms with E-state index in [2.05, 4.69) is 21.2 Å². The van der Waals surface area contributed by atoms with E-state index in [1.165, 1.54) is 0 Å². The monoisotopic (exact) mass is 304 g/mol. The number of carbonyl (C=O) groups excluding carboxylic acids is 1. The van der Waals surface area contributed by atoms with Crippen LogP contribution in [0.5, 0.6) is 0 Å². The van der Waals surface area contributed by atoms with Gasteiger partial charge in [0.1, 0.15) is 0 Å². The first-order valence-corrected chi connectivity index (χ1v) is 6.21. The van der Waals surface area contributed by atoms with Crippen molar-refractivity contribution in [2.75, 3.05) is 6.54 Å². The molecule has 1 rings (SSSR count). The van der Waals surface area contributed by atoms with Crippen molar-refractivity contribution in [3.63, 3.8) is 0 Å². The molecule has 0 aliphatic carbocycles. The second-order valence-corrected chi connectivity index (χ2v) is 4.70. The number of hydrogen-bond acceptors (Lipinski definition) is 2. The van der Waals surface area contributed by atoms with E-state index in [4.69, 9.17) is 17.3 Å². The molecule has 16 heavy (non-hydrogen) atoms. The molecule has 1 unspecified atom stereocenters. The standard InChI is InChI=1S/C11H14BrClN2O/c1-2-8(6-14)15-11(16)7-3-4-10(13)9(12)5-7/h3-5,8H,2,6,14H2,1H3,(H,15,16). The van der Waals surface area contributed by atoms with E-state index in [-0.39, 0.29) is 11.9 Å². The number of nitrogens with two attached hydrogens (primary N) is 1. The SMILES string of the molecule is CCC(CN)NC(=O)c1ccc(Cl)c(Br)c1. The summed E-state index contributed by atoms with van der Waals surface area (Å²) in [6.45, 7) is 2.42. The van der Waals surface area contributed by atoms with Crippen molar-refractivity contribution in [1.82, 2.24) is 5.32 Å². The Hall–Kier alpha value is -0.580. The van der Waals surface area contributed by atoms with Crippen molar-refractivity contribution in [3.8, 4) is 0 Å². The number of amides is 1. The number of rotatable bonds is 4. The summed E-state index contributed by atoms with van der Waals surface area (Å²) in [7, 11) is 0. The van der Waals surface area contributed by atoms with Gasteiger partial charge in [-0.2, -0.15) is 0 Å². The fraction of sp³-hybridized carbons (Fsp3) is 0.364. The van der Waals surface area contributed by atoms with Crippen LogP contribution >= 0.6 is 27.5 Å². The summed E-state index contributed by atoms with van der Waals surface area (Å²) in [4.78, 5) is 11.8. The van der Waals surface area contributed by atoms with Crippen LogP contribution in [0.1, 0.15) is 23.7 Å². The summed E-state index contributed by atoms with van der Waals surface area (Å²) >= 11 is 9.13. The van der Waals surface area contributed by atoms with E-state index in [9.17, 15) is 4.79 Å². The zero-order chi connectivity index (χ0) is 12.1. The minimum atomic E-state index is -0.130. The zero-order valence-electron chi connectivity index (χ0n) is 8.97. The second-order valence-electron chi connectivity index (χ2n) is 3.44. The van der Waals surface area contributed by atoms with Gasteiger partial charge in [-0.15, -0.1) is 0 Å². The van der Waals surface area contributed by atoms with Gasteiger partial charge >= 0.3 is 0 Å². The van der Waals surface area contributed by atoms with Crippen molar-refractivity contribution in [2.24, 2.45) is 5.73 Å². The molecule has 3 nitrogen and oxygen atoms in total. The summed E-state index contributed by atoms with van der Waals surface area (Å²) in [5.74, 6) is -0.130. The topological polar surface area (TPSA) is 55.1 Å². The first-order valence-electron chi connectivity index (χ1n) is 5.04. The molecule has 0 saturated carbocycles. The van der Waals surface area contributed by atoms with Crippen molar-refractivity contribution >= 4 is 33.4 Å². The van der Waals surface area contributed by atoms with Gasteiger partial charge < -0.3 is 11.1 Å². The molecule has 0 saturated heterocycles. The van der Waals surface area contributed by atoms with E-state index in [1.54, 1.807) is 18.2 Å². The minimum Gasteiger partial charge on any atom is -0.348 e. The molecule has 1 atom stereocenters. The third-order valence-electron chi connectivity index (χ3n) is 2.29. The maximum absolute atomic E-state index is 11.8. The lowest BCUT2D eigenvalue weighted by Gasteiger charge is -2.14. The highest BCUT2D eigenvalue weighted by Gasteiger charge is 2.11. The molecule has 0 radical (unpaired) electrons. The highest BCUT2D eigenvalue weighted by Crippen LogP contribution is 2.23. The molecular weight excluding hydrogens is 291 g/mol. The van der Waals surface area contributed by atoms with Gasteiger partial charge in [0.05, 0.1) is 5.02 Å². The minimum absolute atomic E-state index is 0.0157. The van der Waals surface area contributed by atoms with Crippen LogP contribution in [-0.2, 0) is 0 Å². The number of halogens is 2. The van der Waals surface area contributed by atoms with Crippen LogP contribution in [0.3, 0.4) is 0 Å². The Labute approximate surface area is 108 Å². The Kier molecular flexibility index (Phi) is 5.25. The summed E-state index contributed by atoms with van der Waals surface area (Å²) in [5, 5.41) is 3.44. The molecule has 1 aromatic rings. The van der Waals surface area contributed by atoms with Gasteiger partial charge in [0, 0.05) is 22.6 Å². The Morgan fingerprint density at radius 2 is 2.31 bits per heavy atom. The lowest BCUT2D eigenvalue weighted by Crippen LogP contribution is -2.39. The predicted molar refractivity (Wildman–Crippen MR) is 69.8 cm³/mol. The zero-order valence-corrected chi connectivity index (χ0v) is 11.3. The van der Waals surface area contributed by atoms with E-state index in [0.29, 0.717) is 21.6 Å². The number of carbonyl (C=O) groups is 1. The molecule has 0 aliphatic rings. The van der Waals surface area contributed by atoms with Crippen LogP contribution in [0, 0.1) is 0 Å². The van der Waals surface area contributed by atoms with Gasteiger partial charge in [0.25, 0.3) is 5.91 Å². The molecule has 1 amide bonds. The molecular formula is C11H14BrClN2O. The predicted octanol–water partition coefficient (Wildman–Crippen LogP) is 2.57. The van der Waals surface area contributed by atoms with E-state index >= 15 is 0 Å². The molecule has 1 aromatic carbocycles. The first-order chi connectivity index (χ1) is 7.58. The number of nitrogens with one attached hydrogen (secondary N) is 1. The van der Waals surface area contributed by atoms with Gasteiger partial charge in [-0.25, -0.2) is 0 Å². The summed E-state index contributed by atoms with van der Waals surface area (Å²) in [5.41, 5.74) is 6.09. The highest BCUT2D eigenvalue weighted by molar-refractivity contribution is 9.10. The molecule has 0 bridgehead atoms. The van der Waals surface area contributed by atoms with Gasteiger partial charge in [0.15, 0.2) is 0 Å². The molecule has 0 spiro atoms. The van der Waals surface area contributed by atoms with Gasteiger partial charge in [0.2, 0.25) is 0 Å². The van der Waals surface area contributed by atoms with Gasteiger partial charge in [-0.1, -0.05) is 18.5 Å². The Morgan fingerprint density at radius 3 is 2.81 bits per heavy atom. The van der Waals surface area contributed by atoms with Crippen LogP contribution < -0.4 is 11.1 Å². The number of hydrogen-bond donors (Lipinski definition) is 2. The summed E-state index contributed by atoms with van der Waals surface area (Å²) in [6.07, 6.45) is 0.816. The highest BCUT2D eigenvalue weighted by atomic mass is 79.9. The largest absolute Gasteiger partial charge is 0.348 e. The number of benzene rings is 1. The average Bonchev–Trinajstić information content (AvgIpc) is 2.29. The van der Waals surface area contributed by atoms with E-state index in [1.807, 2.05) is 6.92 Å². The normalized spacial score (nSPS) is 12.2. The fourth-order valence-electron chi connectivity index (χ4n) is 1.23. The van der Waals surface area contributed by atoms with Crippen LogP contribution in [0.2, 0.25) is 5.02 Å². The van der Waals surface area contributed by atoms with E-state index < -0.39 is 0 Å². The molecule has 0 fully saturated rings. The molecule has 5 heteroatoms. The lowest BCUT2D eigenvalue weighted by atomic mass is 10.1. The van der Waals surface area contributed by atoms with Crippen molar-refractivity contribution in [2.45, 2.75) is 19.4 Å². The quantitative estimate of drug-likeness (QED) is 0.898. The second kappa shape index (κ2) is 6.23. The third-order valence-corrected chi connectivity index (χ3v) is 3.51. The van der Waals surface area contributed by atoms with Gasteiger partial charge in [-0.05, 0) is 40.5 Å². The van der Waals surface area contributed by atoms with Crippen molar-refractivity contribution in [1.29, 1.82) is 0 Å². The average molecular weight is 306 g/mol. The maximum atomic E-state index is 11.8. The van der Waals surface area contributed by atoms with Crippen LogP contribution in [0.4, 0.5) is 0 Å². The lowest BCUT2D eigenvalue weighted by molar-refractivity contribution is 0.0937. The molecule has 0 heterocycles. The molecule has 3 N–H and O–H groups in total. The Balaban J connectivity index is 2.76. The van der Waals surface area contributed by atoms with Gasteiger partial charge in [-0.3, -0.25) is 4.79 Å².